The lowest BCUT2D eigenvalue weighted by Crippen LogP contribution is -2.41. The summed E-state index contributed by atoms with van der Waals surface area (Å²) in [7, 11) is -4.10. The van der Waals surface area contributed by atoms with E-state index in [1.165, 1.54) is 12.1 Å². The van der Waals surface area contributed by atoms with Crippen LogP contribution in [0.3, 0.4) is 0 Å². The Morgan fingerprint density at radius 1 is 1.03 bits per heavy atom. The van der Waals surface area contributed by atoms with Gasteiger partial charge in [-0.25, -0.2) is 12.8 Å². The summed E-state index contributed by atoms with van der Waals surface area (Å²) in [5, 5.41) is 3.10. The molecule has 0 atom stereocenters. The molecule has 0 aliphatic carbocycles. The summed E-state index contributed by atoms with van der Waals surface area (Å²) in [5.74, 6) is -0.579. The molecular formula is C23H22ClFN2O4S. The van der Waals surface area contributed by atoms with Crippen LogP contribution in [0.2, 0.25) is 5.02 Å². The highest BCUT2D eigenvalue weighted by molar-refractivity contribution is 7.92. The smallest absolute Gasteiger partial charge is 0.264 e. The number of anilines is 1. The van der Waals surface area contributed by atoms with Crippen LogP contribution in [0.5, 0.6) is 5.75 Å². The molecule has 0 saturated heterocycles. The van der Waals surface area contributed by atoms with Gasteiger partial charge in [0.25, 0.3) is 10.0 Å². The molecule has 0 unspecified atom stereocenters. The summed E-state index contributed by atoms with van der Waals surface area (Å²) in [6, 6.07) is 18.1. The van der Waals surface area contributed by atoms with Crippen LogP contribution in [0.4, 0.5) is 10.1 Å². The van der Waals surface area contributed by atoms with Crippen molar-refractivity contribution in [1.29, 1.82) is 0 Å². The predicted molar refractivity (Wildman–Crippen MR) is 122 cm³/mol. The van der Waals surface area contributed by atoms with Crippen LogP contribution in [0, 0.1) is 12.7 Å². The van der Waals surface area contributed by atoms with E-state index < -0.39 is 28.3 Å². The Bertz CT molecular complexity index is 1170. The number of sulfonamides is 1. The van der Waals surface area contributed by atoms with Crippen molar-refractivity contribution in [3.63, 3.8) is 0 Å². The highest BCUT2D eigenvalue weighted by atomic mass is 35.5. The van der Waals surface area contributed by atoms with Gasteiger partial charge in [0.15, 0.2) is 0 Å². The Balaban J connectivity index is 1.71. The van der Waals surface area contributed by atoms with E-state index in [4.69, 9.17) is 16.3 Å². The van der Waals surface area contributed by atoms with Crippen LogP contribution >= 0.6 is 11.6 Å². The number of para-hydroxylation sites is 1. The van der Waals surface area contributed by atoms with Crippen LogP contribution in [-0.2, 0) is 14.8 Å². The van der Waals surface area contributed by atoms with Crippen LogP contribution in [0.15, 0.2) is 77.7 Å². The first-order valence-electron chi connectivity index (χ1n) is 9.76. The highest BCUT2D eigenvalue weighted by Gasteiger charge is 2.27. The fraction of sp³-hybridized carbons (Fsp3) is 0.174. The van der Waals surface area contributed by atoms with Crippen molar-refractivity contribution in [2.24, 2.45) is 0 Å². The van der Waals surface area contributed by atoms with Gasteiger partial charge >= 0.3 is 0 Å². The fourth-order valence-electron chi connectivity index (χ4n) is 2.86. The van der Waals surface area contributed by atoms with Gasteiger partial charge < -0.3 is 10.1 Å². The first-order valence-corrected chi connectivity index (χ1v) is 11.6. The van der Waals surface area contributed by atoms with E-state index in [0.717, 1.165) is 22.0 Å². The zero-order valence-corrected chi connectivity index (χ0v) is 18.9. The van der Waals surface area contributed by atoms with Crippen molar-refractivity contribution in [2.75, 3.05) is 24.0 Å². The molecule has 0 spiro atoms. The summed E-state index contributed by atoms with van der Waals surface area (Å²) in [6.45, 7) is 1.73. The number of carbonyl (C=O) groups is 1. The normalized spacial score (nSPS) is 11.1. The zero-order chi connectivity index (χ0) is 23.1. The van der Waals surface area contributed by atoms with E-state index in [1.807, 2.05) is 6.92 Å². The van der Waals surface area contributed by atoms with E-state index in [9.17, 15) is 17.6 Å². The van der Waals surface area contributed by atoms with E-state index in [1.54, 1.807) is 48.5 Å². The largest absolute Gasteiger partial charge is 0.490 e. The van der Waals surface area contributed by atoms with Gasteiger partial charge in [0, 0.05) is 0 Å². The van der Waals surface area contributed by atoms with Gasteiger partial charge in [-0.15, -0.1) is 0 Å². The highest BCUT2D eigenvalue weighted by Crippen LogP contribution is 2.24. The first kappa shape index (κ1) is 23.6. The molecule has 0 heterocycles. The number of benzene rings is 3. The minimum Gasteiger partial charge on any atom is -0.490 e. The predicted octanol–water partition coefficient (Wildman–Crippen LogP) is 4.18. The lowest BCUT2D eigenvalue weighted by molar-refractivity contribution is -0.119. The molecule has 1 amide bonds. The molecule has 0 bridgehead atoms. The van der Waals surface area contributed by atoms with Gasteiger partial charge in [-0.1, -0.05) is 41.4 Å². The third-order valence-corrected chi connectivity index (χ3v) is 6.63. The number of halogens is 2. The zero-order valence-electron chi connectivity index (χ0n) is 17.3. The Kier molecular flexibility index (Phi) is 7.71. The van der Waals surface area contributed by atoms with Crippen molar-refractivity contribution in [3.8, 4) is 5.75 Å². The maximum absolute atomic E-state index is 13.3. The van der Waals surface area contributed by atoms with Crippen molar-refractivity contribution in [2.45, 2.75) is 11.8 Å². The summed E-state index contributed by atoms with van der Waals surface area (Å²) in [4.78, 5) is 12.4. The number of hydrogen-bond donors (Lipinski definition) is 1. The van der Waals surface area contributed by atoms with Gasteiger partial charge in [0.05, 0.1) is 22.2 Å². The molecular weight excluding hydrogens is 455 g/mol. The molecule has 3 aromatic carbocycles. The number of rotatable bonds is 9. The molecule has 1 N–H and O–H groups in total. The van der Waals surface area contributed by atoms with E-state index in [0.29, 0.717) is 16.5 Å². The Morgan fingerprint density at radius 2 is 1.69 bits per heavy atom. The molecule has 3 rings (SSSR count). The molecule has 0 aliphatic heterocycles. The minimum absolute atomic E-state index is 0.116. The number of carbonyl (C=O) groups excluding carboxylic acids is 1. The second-order valence-electron chi connectivity index (χ2n) is 6.93. The quantitative estimate of drug-likeness (QED) is 0.470. The number of hydrogen-bond acceptors (Lipinski definition) is 4. The van der Waals surface area contributed by atoms with Crippen molar-refractivity contribution >= 4 is 33.2 Å². The molecule has 6 nitrogen and oxygen atoms in total. The number of aryl methyl sites for hydroxylation is 1. The first-order chi connectivity index (χ1) is 15.3. The van der Waals surface area contributed by atoms with Crippen molar-refractivity contribution in [1.82, 2.24) is 5.32 Å². The Labute approximate surface area is 191 Å². The lowest BCUT2D eigenvalue weighted by atomic mass is 10.2. The molecule has 9 heteroatoms. The second-order valence-corrected chi connectivity index (χ2v) is 9.20. The molecule has 3 aromatic rings. The van der Waals surface area contributed by atoms with Gasteiger partial charge in [0.1, 0.15) is 24.7 Å². The molecule has 0 aliphatic rings. The molecule has 0 saturated carbocycles. The van der Waals surface area contributed by atoms with E-state index >= 15 is 0 Å². The monoisotopic (exact) mass is 476 g/mol. The topological polar surface area (TPSA) is 75.7 Å². The summed E-state index contributed by atoms with van der Waals surface area (Å²) in [6.07, 6.45) is 0. The standard InChI is InChI=1S/C23H22ClFN2O4S/c1-17-6-10-19(11-7-17)27(32(29,30)20-12-8-18(25)9-13-20)16-23(28)26-14-15-31-22-5-3-2-4-21(22)24/h2-13H,14-16H2,1H3,(H,26,28). The van der Waals surface area contributed by atoms with E-state index in [2.05, 4.69) is 5.32 Å². The van der Waals surface area contributed by atoms with Gasteiger partial charge in [-0.05, 0) is 55.5 Å². The molecule has 168 valence electrons. The summed E-state index contributed by atoms with van der Waals surface area (Å²) >= 11 is 6.02. The van der Waals surface area contributed by atoms with Crippen LogP contribution in [-0.4, -0.2) is 34.0 Å². The second kappa shape index (κ2) is 10.5. The fourth-order valence-corrected chi connectivity index (χ4v) is 4.47. The molecule has 0 aromatic heterocycles. The van der Waals surface area contributed by atoms with E-state index in [-0.39, 0.29) is 18.0 Å². The minimum atomic E-state index is -4.10. The summed E-state index contributed by atoms with van der Waals surface area (Å²) in [5.41, 5.74) is 1.26. The van der Waals surface area contributed by atoms with Gasteiger partial charge in [-0.2, -0.15) is 0 Å². The maximum Gasteiger partial charge on any atom is 0.264 e. The SMILES string of the molecule is Cc1ccc(N(CC(=O)NCCOc2ccccc2Cl)S(=O)(=O)c2ccc(F)cc2)cc1. The van der Waals surface area contributed by atoms with Crippen molar-refractivity contribution in [3.05, 3.63) is 89.2 Å². The Hall–Kier alpha value is -3.10. The Morgan fingerprint density at radius 3 is 2.34 bits per heavy atom. The number of nitrogens with one attached hydrogen (secondary N) is 1. The van der Waals surface area contributed by atoms with Crippen LogP contribution < -0.4 is 14.4 Å². The maximum atomic E-state index is 13.3. The lowest BCUT2D eigenvalue weighted by Gasteiger charge is -2.24. The average Bonchev–Trinajstić information content (AvgIpc) is 2.77. The molecule has 0 radical (unpaired) electrons. The van der Waals surface area contributed by atoms with Crippen LogP contribution in [0.1, 0.15) is 5.56 Å². The number of ether oxygens (including phenoxy) is 1. The third kappa shape index (κ3) is 5.99. The number of amides is 1. The number of nitrogens with zero attached hydrogens (tertiary/aromatic N) is 1. The average molecular weight is 477 g/mol. The molecule has 32 heavy (non-hydrogen) atoms. The van der Waals surface area contributed by atoms with Crippen molar-refractivity contribution < 1.29 is 22.3 Å². The van der Waals surface area contributed by atoms with Crippen LogP contribution in [0.25, 0.3) is 0 Å². The van der Waals surface area contributed by atoms with Gasteiger partial charge in [-0.3, -0.25) is 9.10 Å². The third-order valence-electron chi connectivity index (χ3n) is 4.53. The van der Waals surface area contributed by atoms with Gasteiger partial charge in [0.2, 0.25) is 5.91 Å². The summed E-state index contributed by atoms with van der Waals surface area (Å²) < 4.78 is 46.2. The molecule has 0 fully saturated rings.